The van der Waals surface area contributed by atoms with E-state index in [0.29, 0.717) is 18.9 Å². The fourth-order valence-corrected chi connectivity index (χ4v) is 6.98. The zero-order valence-corrected chi connectivity index (χ0v) is 19.6. The van der Waals surface area contributed by atoms with Gasteiger partial charge < -0.3 is 5.11 Å². The second kappa shape index (κ2) is 7.51. The molecule has 2 aromatic rings. The summed E-state index contributed by atoms with van der Waals surface area (Å²) in [4.78, 5) is 20.6. The summed E-state index contributed by atoms with van der Waals surface area (Å²) in [5, 5.41) is 14.0. The Balaban J connectivity index is 1.53. The van der Waals surface area contributed by atoms with Crippen molar-refractivity contribution < 1.29 is 14.7 Å². The second-order valence-corrected chi connectivity index (χ2v) is 11.0. The third-order valence-electron chi connectivity index (χ3n) is 9.38. The van der Waals surface area contributed by atoms with E-state index >= 15 is 0 Å². The molecule has 1 N–H and O–H groups in total. The van der Waals surface area contributed by atoms with Crippen LogP contribution in [-0.4, -0.2) is 27.7 Å². The summed E-state index contributed by atoms with van der Waals surface area (Å²) in [5.41, 5.74) is 0.432. The van der Waals surface area contributed by atoms with Crippen LogP contribution in [0.2, 0.25) is 0 Å². The number of nitrogens with zero attached hydrogens (tertiary/aromatic N) is 1. The van der Waals surface area contributed by atoms with Gasteiger partial charge >= 0.3 is 0 Å². The van der Waals surface area contributed by atoms with Gasteiger partial charge in [-0.15, -0.1) is 0 Å². The molecule has 5 rings (SSSR count). The minimum absolute atomic E-state index is 0.0350. The Morgan fingerprint density at radius 3 is 2.25 bits per heavy atom. The molecule has 3 aliphatic rings. The van der Waals surface area contributed by atoms with Crippen molar-refractivity contribution in [3.63, 3.8) is 0 Å². The van der Waals surface area contributed by atoms with Gasteiger partial charge in [-0.25, -0.2) is 0 Å². The van der Waals surface area contributed by atoms with E-state index in [4.69, 9.17) is 4.84 Å². The first-order valence-corrected chi connectivity index (χ1v) is 12.0. The van der Waals surface area contributed by atoms with Crippen LogP contribution in [0.25, 0.3) is 0 Å². The predicted octanol–water partition coefficient (Wildman–Crippen LogP) is 5.33. The van der Waals surface area contributed by atoms with Gasteiger partial charge in [-0.05, 0) is 48.6 Å². The van der Waals surface area contributed by atoms with Crippen LogP contribution in [0.5, 0.6) is 0 Å². The lowest BCUT2D eigenvalue weighted by atomic mass is 9.61. The molecule has 0 radical (unpaired) electrons. The lowest BCUT2D eigenvalue weighted by Crippen LogP contribution is -2.56. The minimum atomic E-state index is -1.31. The van der Waals surface area contributed by atoms with Crippen LogP contribution in [0.4, 0.5) is 0 Å². The first-order valence-electron chi connectivity index (χ1n) is 12.0. The summed E-state index contributed by atoms with van der Waals surface area (Å²) in [7, 11) is 0. The van der Waals surface area contributed by atoms with Crippen molar-refractivity contribution in [2.45, 2.75) is 71.2 Å². The number of hydrogen-bond donors (Lipinski definition) is 1. The summed E-state index contributed by atoms with van der Waals surface area (Å²) in [6, 6.07) is 20.1. The van der Waals surface area contributed by atoms with Gasteiger partial charge in [0, 0.05) is 12.0 Å². The van der Waals surface area contributed by atoms with Crippen molar-refractivity contribution in [3.05, 3.63) is 71.8 Å². The van der Waals surface area contributed by atoms with E-state index in [1.54, 1.807) is 0 Å². The van der Waals surface area contributed by atoms with Crippen LogP contribution >= 0.6 is 0 Å². The van der Waals surface area contributed by atoms with Crippen LogP contribution < -0.4 is 0 Å². The molecule has 2 aliphatic carbocycles. The lowest BCUT2D eigenvalue weighted by molar-refractivity contribution is -0.168. The number of ketones is 1. The van der Waals surface area contributed by atoms with Gasteiger partial charge in [0.25, 0.3) is 0 Å². The maximum absolute atomic E-state index is 14.3. The highest BCUT2D eigenvalue weighted by Gasteiger charge is 2.72. The van der Waals surface area contributed by atoms with Crippen LogP contribution in [0.1, 0.15) is 64.1 Å². The van der Waals surface area contributed by atoms with Gasteiger partial charge in [-0.1, -0.05) is 81.4 Å². The second-order valence-electron chi connectivity index (χ2n) is 11.0. The molecule has 170 valence electrons. The highest BCUT2D eigenvalue weighted by atomic mass is 16.7. The predicted molar refractivity (Wildman–Crippen MR) is 124 cm³/mol. The van der Waals surface area contributed by atoms with E-state index in [0.717, 1.165) is 24.0 Å². The fourth-order valence-electron chi connectivity index (χ4n) is 6.98. The zero-order valence-electron chi connectivity index (χ0n) is 19.6. The third-order valence-corrected chi connectivity index (χ3v) is 9.38. The number of hydrogen-bond acceptors (Lipinski definition) is 4. The molecule has 4 heteroatoms. The molecule has 32 heavy (non-hydrogen) atoms. The maximum Gasteiger partial charge on any atom is 0.172 e. The molecule has 2 bridgehead atoms. The topological polar surface area (TPSA) is 49.8 Å². The SMILES string of the molecule is C[C@H]1ON(Cc2ccccc2)[C@@H](c2ccccc2)[C@@H]1C(=O)[C@@]1(O)C[C@H]2CC[C@]1(C)C2(C)C. The van der Waals surface area contributed by atoms with Gasteiger partial charge in [0.15, 0.2) is 5.78 Å². The Morgan fingerprint density at radius 2 is 1.69 bits per heavy atom. The summed E-state index contributed by atoms with van der Waals surface area (Å²) < 4.78 is 0. The monoisotopic (exact) mass is 433 g/mol. The standard InChI is InChI=1S/C28H35NO3/c1-19-23(25(30)28(31)17-22-15-16-27(28,4)26(22,2)3)24(21-13-9-6-10-14-21)29(32-19)18-20-11-7-5-8-12-20/h5-14,19,22-24,31H,15-18H2,1-4H3/t19-,22-,23-,24+,27-,28+/m1/s1. The van der Waals surface area contributed by atoms with Crippen LogP contribution in [0.3, 0.4) is 0 Å². The summed E-state index contributed by atoms with van der Waals surface area (Å²) in [5.74, 6) is -0.0695. The van der Waals surface area contributed by atoms with Gasteiger partial charge in [-0.2, -0.15) is 5.06 Å². The largest absolute Gasteiger partial charge is 0.381 e. The number of rotatable bonds is 5. The van der Waals surface area contributed by atoms with Gasteiger partial charge in [0.05, 0.1) is 18.1 Å². The number of Topliss-reactive ketones (excluding diaryl/α,β-unsaturated/α-hetero) is 1. The zero-order chi connectivity index (χ0) is 22.7. The summed E-state index contributed by atoms with van der Waals surface area (Å²) in [6.07, 6.45) is 2.27. The molecule has 1 heterocycles. The Hall–Kier alpha value is -2.01. The average Bonchev–Trinajstić information content (AvgIpc) is 3.28. The molecule has 0 aromatic heterocycles. The van der Waals surface area contributed by atoms with Crippen molar-refractivity contribution in [3.8, 4) is 0 Å². The number of benzene rings is 2. The van der Waals surface area contributed by atoms with Crippen LogP contribution in [-0.2, 0) is 16.2 Å². The van der Waals surface area contributed by atoms with Crippen LogP contribution in [0, 0.1) is 22.7 Å². The number of carbonyl (C=O) groups is 1. The third kappa shape index (κ3) is 2.96. The molecule has 0 unspecified atom stereocenters. The first-order chi connectivity index (χ1) is 15.2. The number of hydroxylamine groups is 2. The molecule has 0 amide bonds. The first kappa shape index (κ1) is 21.8. The number of carbonyl (C=O) groups excluding carboxylic acids is 1. The molecule has 2 saturated carbocycles. The normalized spacial score (nSPS) is 38.3. The lowest BCUT2D eigenvalue weighted by Gasteiger charge is -2.45. The maximum atomic E-state index is 14.3. The van der Waals surface area contributed by atoms with Crippen molar-refractivity contribution in [1.82, 2.24) is 5.06 Å². The number of fused-ring (bicyclic) bond motifs is 2. The quantitative estimate of drug-likeness (QED) is 0.693. The fraction of sp³-hybridized carbons (Fsp3) is 0.536. The van der Waals surface area contributed by atoms with Crippen molar-refractivity contribution >= 4 is 5.78 Å². The molecule has 0 spiro atoms. The Bertz CT molecular complexity index is 990. The average molecular weight is 434 g/mol. The number of aliphatic hydroxyl groups is 1. The summed E-state index contributed by atoms with van der Waals surface area (Å²) in [6.45, 7) is 9.19. The van der Waals surface area contributed by atoms with E-state index in [1.165, 1.54) is 0 Å². The highest BCUT2D eigenvalue weighted by molar-refractivity contribution is 5.92. The van der Waals surface area contributed by atoms with Crippen molar-refractivity contribution in [1.29, 1.82) is 0 Å². The molecular weight excluding hydrogens is 398 g/mol. The van der Waals surface area contributed by atoms with E-state index in [1.807, 2.05) is 48.4 Å². The van der Waals surface area contributed by atoms with E-state index < -0.39 is 16.9 Å². The Labute approximate surface area is 191 Å². The molecule has 1 saturated heterocycles. The van der Waals surface area contributed by atoms with Crippen molar-refractivity contribution in [2.24, 2.45) is 22.7 Å². The summed E-state index contributed by atoms with van der Waals surface area (Å²) >= 11 is 0. The van der Waals surface area contributed by atoms with Crippen molar-refractivity contribution in [2.75, 3.05) is 0 Å². The molecular formula is C28H35NO3. The van der Waals surface area contributed by atoms with E-state index in [9.17, 15) is 9.90 Å². The van der Waals surface area contributed by atoms with E-state index in [2.05, 4.69) is 45.0 Å². The molecule has 3 fully saturated rings. The molecule has 1 aliphatic heterocycles. The smallest absolute Gasteiger partial charge is 0.172 e. The van der Waals surface area contributed by atoms with Gasteiger partial charge in [-0.3, -0.25) is 9.63 Å². The van der Waals surface area contributed by atoms with Gasteiger partial charge in [0.2, 0.25) is 0 Å². The Morgan fingerprint density at radius 1 is 1.06 bits per heavy atom. The molecule has 6 atom stereocenters. The molecule has 4 nitrogen and oxygen atoms in total. The highest BCUT2D eigenvalue weighted by Crippen LogP contribution is 2.70. The van der Waals surface area contributed by atoms with Crippen LogP contribution in [0.15, 0.2) is 60.7 Å². The minimum Gasteiger partial charge on any atom is -0.381 e. The van der Waals surface area contributed by atoms with E-state index in [-0.39, 0.29) is 23.3 Å². The Kier molecular flexibility index (Phi) is 5.12. The molecule has 2 aromatic carbocycles. The van der Waals surface area contributed by atoms with Gasteiger partial charge in [0.1, 0.15) is 5.60 Å².